The molecule has 176 valence electrons. The Morgan fingerprint density at radius 3 is 2.42 bits per heavy atom. The Morgan fingerprint density at radius 1 is 1.09 bits per heavy atom. The van der Waals surface area contributed by atoms with Crippen LogP contribution in [-0.4, -0.2) is 42.4 Å². The second kappa shape index (κ2) is 7.89. The van der Waals surface area contributed by atoms with Crippen LogP contribution >= 0.6 is 0 Å². The van der Waals surface area contributed by atoms with Crippen molar-refractivity contribution in [1.82, 2.24) is 29.4 Å². The zero-order valence-electron chi connectivity index (χ0n) is 17.4. The third-order valence-electron chi connectivity index (χ3n) is 5.55. The highest BCUT2D eigenvalue weighted by Gasteiger charge is 2.37. The van der Waals surface area contributed by atoms with Crippen molar-refractivity contribution in [3.63, 3.8) is 0 Å². The highest BCUT2D eigenvalue weighted by molar-refractivity contribution is 5.93. The molecule has 0 aliphatic heterocycles. The van der Waals surface area contributed by atoms with Crippen LogP contribution in [0.2, 0.25) is 0 Å². The first-order chi connectivity index (χ1) is 15.4. The summed E-state index contributed by atoms with van der Waals surface area (Å²) in [5, 5.41) is 7.76. The molecular formula is C20H18F6N6O. The third-order valence-corrected chi connectivity index (χ3v) is 5.55. The number of alkyl halides is 6. The molecule has 0 radical (unpaired) electrons. The lowest BCUT2D eigenvalue weighted by molar-refractivity contribution is -0.142. The predicted octanol–water partition coefficient (Wildman–Crippen LogP) is 4.19. The van der Waals surface area contributed by atoms with Crippen LogP contribution in [0.5, 0.6) is 0 Å². The standard InChI is InChI=1S/C20H18F6N6O/c1-30(18(33)15-9-17(20(24,25)26)29-31(15)2)14-5-3-4-13-12(14)10-32(28-13)11-6-7-27-16(8-11)19(21,22)23/h6-10,14H,3-5H2,1-2H3/t14-/m0/s1. The minimum absolute atomic E-state index is 0.154. The van der Waals surface area contributed by atoms with Crippen LogP contribution in [-0.2, 0) is 25.8 Å². The largest absolute Gasteiger partial charge is 0.435 e. The summed E-state index contributed by atoms with van der Waals surface area (Å²) in [6.45, 7) is 0. The van der Waals surface area contributed by atoms with Gasteiger partial charge in [0, 0.05) is 38.1 Å². The molecular weight excluding hydrogens is 454 g/mol. The van der Waals surface area contributed by atoms with E-state index in [-0.39, 0.29) is 11.4 Å². The molecule has 33 heavy (non-hydrogen) atoms. The molecule has 7 nitrogen and oxygen atoms in total. The average molecular weight is 472 g/mol. The fourth-order valence-corrected chi connectivity index (χ4v) is 3.89. The summed E-state index contributed by atoms with van der Waals surface area (Å²) in [6.07, 6.45) is -4.99. The van der Waals surface area contributed by atoms with Gasteiger partial charge in [0.25, 0.3) is 5.91 Å². The quantitative estimate of drug-likeness (QED) is 0.537. The maximum Gasteiger partial charge on any atom is 0.435 e. The monoisotopic (exact) mass is 472 g/mol. The fraction of sp³-hybridized carbons (Fsp3) is 0.400. The summed E-state index contributed by atoms with van der Waals surface area (Å²) in [5.74, 6) is -0.658. The van der Waals surface area contributed by atoms with E-state index in [1.54, 1.807) is 6.20 Å². The first kappa shape index (κ1) is 22.8. The van der Waals surface area contributed by atoms with Crippen LogP contribution in [0, 0.1) is 0 Å². The van der Waals surface area contributed by atoms with Crippen LogP contribution in [0.15, 0.2) is 30.6 Å². The first-order valence-corrected chi connectivity index (χ1v) is 9.86. The van der Waals surface area contributed by atoms with Crippen molar-refractivity contribution in [2.24, 2.45) is 7.05 Å². The number of nitrogens with zero attached hydrogens (tertiary/aromatic N) is 6. The Labute approximate surface area is 183 Å². The van der Waals surface area contributed by atoms with Crippen molar-refractivity contribution in [3.05, 3.63) is 58.9 Å². The molecule has 0 saturated heterocycles. The van der Waals surface area contributed by atoms with Crippen molar-refractivity contribution in [2.45, 2.75) is 37.7 Å². The molecule has 3 aromatic rings. The predicted molar refractivity (Wildman–Crippen MR) is 102 cm³/mol. The lowest BCUT2D eigenvalue weighted by Crippen LogP contribution is -2.34. The van der Waals surface area contributed by atoms with E-state index < -0.39 is 35.7 Å². The van der Waals surface area contributed by atoms with E-state index in [1.165, 1.54) is 29.7 Å². The van der Waals surface area contributed by atoms with E-state index in [0.717, 1.165) is 16.9 Å². The van der Waals surface area contributed by atoms with Gasteiger partial charge in [-0.3, -0.25) is 14.5 Å². The van der Waals surface area contributed by atoms with Gasteiger partial charge in [0.05, 0.1) is 17.4 Å². The minimum Gasteiger partial charge on any atom is -0.333 e. The van der Waals surface area contributed by atoms with Gasteiger partial charge in [-0.05, 0) is 31.4 Å². The number of carbonyl (C=O) groups excluding carboxylic acids is 1. The molecule has 4 rings (SSSR count). The number of hydrogen-bond acceptors (Lipinski definition) is 4. The van der Waals surface area contributed by atoms with Crippen LogP contribution in [0.4, 0.5) is 26.3 Å². The van der Waals surface area contributed by atoms with Crippen molar-refractivity contribution in [2.75, 3.05) is 7.05 Å². The molecule has 3 heterocycles. The number of aromatic nitrogens is 5. The highest BCUT2D eigenvalue weighted by Crippen LogP contribution is 2.36. The van der Waals surface area contributed by atoms with Crippen molar-refractivity contribution in [3.8, 4) is 5.69 Å². The second-order valence-electron chi connectivity index (χ2n) is 7.73. The number of rotatable bonds is 3. The molecule has 13 heteroatoms. The second-order valence-corrected chi connectivity index (χ2v) is 7.73. The fourth-order valence-electron chi connectivity index (χ4n) is 3.89. The van der Waals surface area contributed by atoms with Gasteiger partial charge in [-0.2, -0.15) is 36.5 Å². The molecule has 0 aromatic carbocycles. The van der Waals surface area contributed by atoms with Gasteiger partial charge in [-0.25, -0.2) is 4.68 Å². The zero-order valence-corrected chi connectivity index (χ0v) is 17.4. The Balaban J connectivity index is 1.65. The van der Waals surface area contributed by atoms with Crippen LogP contribution in [0.25, 0.3) is 5.69 Å². The van der Waals surface area contributed by atoms with E-state index in [9.17, 15) is 31.1 Å². The number of halogens is 6. The lowest BCUT2D eigenvalue weighted by Gasteiger charge is -2.30. The number of carbonyl (C=O) groups is 1. The van der Waals surface area contributed by atoms with Gasteiger partial charge in [-0.1, -0.05) is 0 Å². The SMILES string of the molecule is CN(C(=O)c1cc(C(F)(F)F)nn1C)[C@H]1CCCc2nn(-c3ccnc(C(F)(F)F)c3)cc21. The number of hydrogen-bond donors (Lipinski definition) is 0. The van der Waals surface area contributed by atoms with E-state index in [1.807, 2.05) is 0 Å². The van der Waals surface area contributed by atoms with E-state index in [4.69, 9.17) is 0 Å². The van der Waals surface area contributed by atoms with Crippen LogP contribution in [0.3, 0.4) is 0 Å². The summed E-state index contributed by atoms with van der Waals surface area (Å²) in [7, 11) is 2.72. The maximum atomic E-state index is 13.0. The van der Waals surface area contributed by atoms with Crippen molar-refractivity contribution < 1.29 is 31.1 Å². The van der Waals surface area contributed by atoms with Gasteiger partial charge in [0.1, 0.15) is 11.4 Å². The minimum atomic E-state index is -4.69. The van der Waals surface area contributed by atoms with Gasteiger partial charge in [-0.15, -0.1) is 0 Å². The molecule has 0 N–H and O–H groups in total. The van der Waals surface area contributed by atoms with Crippen molar-refractivity contribution >= 4 is 5.91 Å². The molecule has 1 amide bonds. The molecule has 1 aliphatic carbocycles. The van der Waals surface area contributed by atoms with E-state index in [2.05, 4.69) is 15.2 Å². The van der Waals surface area contributed by atoms with E-state index in [0.29, 0.717) is 36.6 Å². The zero-order chi connectivity index (χ0) is 24.1. The maximum absolute atomic E-state index is 13.0. The number of pyridine rings is 1. The summed E-state index contributed by atoms with van der Waals surface area (Å²) in [5.41, 5.74) is -1.07. The lowest BCUT2D eigenvalue weighted by atomic mass is 9.92. The summed E-state index contributed by atoms with van der Waals surface area (Å²) >= 11 is 0. The number of aryl methyl sites for hydroxylation is 2. The van der Waals surface area contributed by atoms with Crippen LogP contribution < -0.4 is 0 Å². The third kappa shape index (κ3) is 4.31. The Morgan fingerprint density at radius 2 is 1.79 bits per heavy atom. The highest BCUT2D eigenvalue weighted by atomic mass is 19.4. The van der Waals surface area contributed by atoms with Gasteiger partial charge in [0.2, 0.25) is 0 Å². The molecule has 3 aromatic heterocycles. The topological polar surface area (TPSA) is 68.8 Å². The normalized spacial score (nSPS) is 16.5. The summed E-state index contributed by atoms with van der Waals surface area (Å²) in [4.78, 5) is 17.6. The first-order valence-electron chi connectivity index (χ1n) is 9.86. The molecule has 0 bridgehead atoms. The molecule has 1 atom stereocenters. The average Bonchev–Trinajstić information content (AvgIpc) is 3.35. The van der Waals surface area contributed by atoms with E-state index >= 15 is 0 Å². The number of fused-ring (bicyclic) bond motifs is 1. The Hall–Kier alpha value is -3.38. The molecule has 0 unspecified atom stereocenters. The van der Waals surface area contributed by atoms with Gasteiger partial charge < -0.3 is 4.90 Å². The van der Waals surface area contributed by atoms with Gasteiger partial charge >= 0.3 is 12.4 Å². The Bertz CT molecular complexity index is 1190. The smallest absolute Gasteiger partial charge is 0.333 e. The summed E-state index contributed by atoms with van der Waals surface area (Å²) in [6, 6.07) is 2.44. The molecule has 0 saturated carbocycles. The number of amides is 1. The van der Waals surface area contributed by atoms with Crippen molar-refractivity contribution in [1.29, 1.82) is 0 Å². The summed E-state index contributed by atoms with van der Waals surface area (Å²) < 4.78 is 80.2. The van der Waals surface area contributed by atoms with Gasteiger partial charge in [0.15, 0.2) is 5.69 Å². The molecule has 1 aliphatic rings. The molecule has 0 fully saturated rings. The Kier molecular flexibility index (Phi) is 5.45. The van der Waals surface area contributed by atoms with Crippen LogP contribution in [0.1, 0.15) is 52.0 Å². The molecule has 0 spiro atoms.